The van der Waals surface area contributed by atoms with Crippen LogP contribution in [0.2, 0.25) is 0 Å². The number of aliphatic hydroxyl groups excluding tert-OH is 1. The summed E-state index contributed by atoms with van der Waals surface area (Å²) in [6.07, 6.45) is 1.17. The number of pyridine rings is 1. The molecule has 2 aromatic rings. The number of hydrogen-bond donors (Lipinski definition) is 2. The summed E-state index contributed by atoms with van der Waals surface area (Å²) < 4.78 is 10.6. The molecule has 0 aliphatic rings. The average molecular weight is 288 g/mol. The minimum Gasteiger partial charge on any atom is -0.497 e. The van der Waals surface area contributed by atoms with Crippen molar-refractivity contribution in [3.8, 4) is 11.5 Å². The van der Waals surface area contributed by atoms with E-state index in [9.17, 15) is 5.11 Å². The highest BCUT2D eigenvalue weighted by Gasteiger charge is 2.05. The molecule has 0 radical (unpaired) electrons. The van der Waals surface area contributed by atoms with Crippen LogP contribution in [0.15, 0.2) is 48.7 Å². The van der Waals surface area contributed by atoms with Gasteiger partial charge >= 0.3 is 0 Å². The van der Waals surface area contributed by atoms with Crippen molar-refractivity contribution in [2.45, 2.75) is 12.6 Å². The molecule has 0 aliphatic heterocycles. The van der Waals surface area contributed by atoms with Gasteiger partial charge in [0.1, 0.15) is 24.2 Å². The van der Waals surface area contributed by atoms with Gasteiger partial charge in [0.15, 0.2) is 0 Å². The summed E-state index contributed by atoms with van der Waals surface area (Å²) in [5.74, 6) is 1.41. The third-order valence-electron chi connectivity index (χ3n) is 2.90. The highest BCUT2D eigenvalue weighted by molar-refractivity contribution is 5.32. The molecule has 5 heteroatoms. The molecule has 112 valence electrons. The molecule has 5 nitrogen and oxygen atoms in total. The average Bonchev–Trinajstić information content (AvgIpc) is 2.54. The lowest BCUT2D eigenvalue weighted by Crippen LogP contribution is -2.31. The van der Waals surface area contributed by atoms with Crippen LogP contribution in [-0.2, 0) is 6.54 Å². The van der Waals surface area contributed by atoms with Crippen LogP contribution in [0.3, 0.4) is 0 Å². The lowest BCUT2D eigenvalue weighted by molar-refractivity contribution is 0.106. The van der Waals surface area contributed by atoms with Crippen LogP contribution >= 0.6 is 0 Å². The van der Waals surface area contributed by atoms with E-state index in [2.05, 4.69) is 10.3 Å². The van der Waals surface area contributed by atoms with Gasteiger partial charge in [-0.25, -0.2) is 0 Å². The number of hydrogen-bond acceptors (Lipinski definition) is 5. The Morgan fingerprint density at radius 1 is 1.19 bits per heavy atom. The second kappa shape index (κ2) is 8.24. The van der Waals surface area contributed by atoms with Gasteiger partial charge in [0.25, 0.3) is 0 Å². The normalized spacial score (nSPS) is 11.9. The molecular formula is C16H20N2O3. The third-order valence-corrected chi connectivity index (χ3v) is 2.90. The first kappa shape index (κ1) is 15.3. The highest BCUT2D eigenvalue weighted by Crippen LogP contribution is 2.18. The maximum Gasteiger partial charge on any atom is 0.123 e. The van der Waals surface area contributed by atoms with Gasteiger partial charge in [0.2, 0.25) is 0 Å². The molecule has 1 unspecified atom stereocenters. The summed E-state index contributed by atoms with van der Waals surface area (Å²) >= 11 is 0. The zero-order chi connectivity index (χ0) is 14.9. The van der Waals surface area contributed by atoms with Crippen molar-refractivity contribution in [1.82, 2.24) is 10.3 Å². The molecule has 1 aromatic carbocycles. The third kappa shape index (κ3) is 5.41. The Kier molecular flexibility index (Phi) is 5.99. The second-order valence-corrected chi connectivity index (χ2v) is 4.60. The van der Waals surface area contributed by atoms with Gasteiger partial charge < -0.3 is 19.9 Å². The van der Waals surface area contributed by atoms with Crippen molar-refractivity contribution in [3.05, 3.63) is 54.4 Å². The fourth-order valence-corrected chi connectivity index (χ4v) is 1.81. The SMILES string of the molecule is COc1cccc(OCC(O)CNCc2ccccn2)c1. The predicted octanol–water partition coefficient (Wildman–Crippen LogP) is 1.62. The Hall–Kier alpha value is -2.11. The van der Waals surface area contributed by atoms with Crippen LogP contribution in [0, 0.1) is 0 Å². The summed E-state index contributed by atoms with van der Waals surface area (Å²) in [5.41, 5.74) is 0.943. The van der Waals surface area contributed by atoms with E-state index in [4.69, 9.17) is 9.47 Å². The summed E-state index contributed by atoms with van der Waals surface area (Å²) in [7, 11) is 1.61. The van der Waals surface area contributed by atoms with Gasteiger partial charge in [-0.3, -0.25) is 4.98 Å². The first-order chi connectivity index (χ1) is 10.3. The van der Waals surface area contributed by atoms with E-state index in [1.807, 2.05) is 36.4 Å². The maximum atomic E-state index is 9.88. The largest absolute Gasteiger partial charge is 0.497 e. The smallest absolute Gasteiger partial charge is 0.123 e. The van der Waals surface area contributed by atoms with Gasteiger partial charge in [-0.2, -0.15) is 0 Å². The van der Waals surface area contributed by atoms with Gasteiger partial charge in [-0.1, -0.05) is 12.1 Å². The molecule has 1 atom stereocenters. The van der Waals surface area contributed by atoms with Crippen molar-refractivity contribution >= 4 is 0 Å². The minimum absolute atomic E-state index is 0.225. The topological polar surface area (TPSA) is 63.6 Å². The summed E-state index contributed by atoms with van der Waals surface area (Å²) in [4.78, 5) is 4.20. The fraction of sp³-hybridized carbons (Fsp3) is 0.312. The van der Waals surface area contributed by atoms with E-state index in [1.165, 1.54) is 0 Å². The Balaban J connectivity index is 1.68. The number of aliphatic hydroxyl groups is 1. The highest BCUT2D eigenvalue weighted by atomic mass is 16.5. The van der Waals surface area contributed by atoms with Crippen molar-refractivity contribution < 1.29 is 14.6 Å². The van der Waals surface area contributed by atoms with E-state index >= 15 is 0 Å². The first-order valence-corrected chi connectivity index (χ1v) is 6.83. The van der Waals surface area contributed by atoms with Gasteiger partial charge in [-0.15, -0.1) is 0 Å². The Labute approximate surface area is 124 Å². The molecule has 2 rings (SSSR count). The maximum absolute atomic E-state index is 9.88. The van der Waals surface area contributed by atoms with Gasteiger partial charge in [0, 0.05) is 25.4 Å². The van der Waals surface area contributed by atoms with Crippen LogP contribution in [0.5, 0.6) is 11.5 Å². The Morgan fingerprint density at radius 3 is 2.81 bits per heavy atom. The van der Waals surface area contributed by atoms with Crippen LogP contribution in [0.4, 0.5) is 0 Å². The summed E-state index contributed by atoms with van der Waals surface area (Å²) in [5, 5.41) is 13.0. The lowest BCUT2D eigenvalue weighted by Gasteiger charge is -2.13. The Morgan fingerprint density at radius 2 is 2.05 bits per heavy atom. The number of ether oxygens (including phenoxy) is 2. The monoisotopic (exact) mass is 288 g/mol. The van der Waals surface area contributed by atoms with Crippen LogP contribution in [-0.4, -0.2) is 36.5 Å². The van der Waals surface area contributed by atoms with Crippen LogP contribution in [0.25, 0.3) is 0 Å². The van der Waals surface area contributed by atoms with E-state index in [1.54, 1.807) is 19.4 Å². The van der Waals surface area contributed by atoms with Gasteiger partial charge in [-0.05, 0) is 24.3 Å². The van der Waals surface area contributed by atoms with Crippen molar-refractivity contribution in [1.29, 1.82) is 0 Å². The number of rotatable bonds is 8. The molecule has 0 bridgehead atoms. The standard InChI is InChI=1S/C16H20N2O3/c1-20-15-6-4-7-16(9-15)21-12-14(19)11-17-10-13-5-2-3-8-18-13/h2-9,14,17,19H,10-12H2,1H3. The molecule has 2 N–H and O–H groups in total. The van der Waals surface area contributed by atoms with Gasteiger partial charge in [0.05, 0.1) is 12.8 Å². The number of nitrogens with zero attached hydrogens (tertiary/aromatic N) is 1. The van der Waals surface area contributed by atoms with Crippen molar-refractivity contribution in [2.75, 3.05) is 20.3 Å². The second-order valence-electron chi connectivity index (χ2n) is 4.60. The molecule has 0 amide bonds. The summed E-state index contributed by atoms with van der Waals surface area (Å²) in [6, 6.07) is 13.1. The van der Waals surface area contributed by atoms with E-state index in [0.29, 0.717) is 18.8 Å². The zero-order valence-corrected chi connectivity index (χ0v) is 12.0. The number of nitrogens with one attached hydrogen (secondary N) is 1. The number of methoxy groups -OCH3 is 1. The molecule has 0 spiro atoms. The van der Waals surface area contributed by atoms with E-state index in [-0.39, 0.29) is 6.61 Å². The molecule has 0 aliphatic carbocycles. The molecule has 21 heavy (non-hydrogen) atoms. The van der Waals surface area contributed by atoms with E-state index in [0.717, 1.165) is 11.4 Å². The fourth-order valence-electron chi connectivity index (χ4n) is 1.81. The molecular weight excluding hydrogens is 268 g/mol. The molecule has 0 saturated carbocycles. The quantitative estimate of drug-likeness (QED) is 0.773. The molecule has 1 aromatic heterocycles. The van der Waals surface area contributed by atoms with E-state index < -0.39 is 6.10 Å². The predicted molar refractivity (Wildman–Crippen MR) is 80.4 cm³/mol. The van der Waals surface area contributed by atoms with Crippen molar-refractivity contribution in [2.24, 2.45) is 0 Å². The lowest BCUT2D eigenvalue weighted by atomic mass is 10.3. The molecule has 0 saturated heterocycles. The molecule has 0 fully saturated rings. The number of benzene rings is 1. The Bertz CT molecular complexity index is 534. The minimum atomic E-state index is -0.583. The van der Waals surface area contributed by atoms with Crippen molar-refractivity contribution in [3.63, 3.8) is 0 Å². The summed E-state index contributed by atoms with van der Waals surface area (Å²) in [6.45, 7) is 1.29. The van der Waals surface area contributed by atoms with Crippen LogP contribution < -0.4 is 14.8 Å². The zero-order valence-electron chi connectivity index (χ0n) is 12.0. The molecule has 1 heterocycles. The number of aromatic nitrogens is 1. The first-order valence-electron chi connectivity index (χ1n) is 6.83. The van der Waals surface area contributed by atoms with Crippen LogP contribution in [0.1, 0.15) is 5.69 Å².